The van der Waals surface area contributed by atoms with E-state index in [0.29, 0.717) is 6.04 Å². The van der Waals surface area contributed by atoms with Crippen molar-refractivity contribution in [1.29, 1.82) is 0 Å². The summed E-state index contributed by atoms with van der Waals surface area (Å²) < 4.78 is 0. The zero-order valence-corrected chi connectivity index (χ0v) is 11.9. The zero-order valence-electron chi connectivity index (χ0n) is 11.1. The van der Waals surface area contributed by atoms with Gasteiger partial charge in [-0.3, -0.25) is 0 Å². The molecule has 1 saturated heterocycles. The number of nitrogens with one attached hydrogen (secondary N) is 1. The summed E-state index contributed by atoms with van der Waals surface area (Å²) in [6.45, 7) is 2.46. The molecular formula is C14H27ClN2. The van der Waals surface area contributed by atoms with E-state index in [1.54, 1.807) is 0 Å². The zero-order chi connectivity index (χ0) is 12.1. The van der Waals surface area contributed by atoms with Crippen LogP contribution in [-0.4, -0.2) is 43.0 Å². The highest BCUT2D eigenvalue weighted by molar-refractivity contribution is 6.18. The van der Waals surface area contributed by atoms with Crippen LogP contribution in [0.1, 0.15) is 44.9 Å². The lowest BCUT2D eigenvalue weighted by Gasteiger charge is -2.33. The Kier molecular flexibility index (Phi) is 5.58. The predicted octanol–water partition coefficient (Wildman–Crippen LogP) is 2.86. The number of alkyl halides is 1. The van der Waals surface area contributed by atoms with Gasteiger partial charge in [-0.1, -0.05) is 12.8 Å². The summed E-state index contributed by atoms with van der Waals surface area (Å²) in [5.41, 5.74) is 0. The molecule has 2 nitrogen and oxygen atoms in total. The average Bonchev–Trinajstić information content (AvgIpc) is 2.79. The van der Waals surface area contributed by atoms with Crippen molar-refractivity contribution >= 4 is 11.6 Å². The molecule has 1 saturated carbocycles. The third-order valence-electron chi connectivity index (χ3n) is 4.66. The van der Waals surface area contributed by atoms with Gasteiger partial charge in [-0.15, -0.1) is 11.6 Å². The maximum atomic E-state index is 6.01. The molecule has 0 aromatic carbocycles. The number of rotatable bonds is 5. The van der Waals surface area contributed by atoms with E-state index in [9.17, 15) is 0 Å². The van der Waals surface area contributed by atoms with Gasteiger partial charge in [0.25, 0.3) is 0 Å². The van der Waals surface area contributed by atoms with Crippen molar-refractivity contribution in [3.05, 3.63) is 0 Å². The molecule has 0 aromatic rings. The van der Waals surface area contributed by atoms with E-state index in [4.69, 9.17) is 11.6 Å². The molecule has 0 bridgehead atoms. The Hall–Kier alpha value is 0.210. The van der Waals surface area contributed by atoms with Gasteiger partial charge in [0.1, 0.15) is 0 Å². The van der Waals surface area contributed by atoms with Crippen LogP contribution in [0.3, 0.4) is 0 Å². The van der Waals surface area contributed by atoms with E-state index in [0.717, 1.165) is 17.8 Å². The van der Waals surface area contributed by atoms with E-state index >= 15 is 0 Å². The van der Waals surface area contributed by atoms with E-state index in [1.165, 1.54) is 58.0 Å². The maximum absolute atomic E-state index is 6.01. The highest BCUT2D eigenvalue weighted by Crippen LogP contribution is 2.26. The lowest BCUT2D eigenvalue weighted by Crippen LogP contribution is -2.40. The van der Waals surface area contributed by atoms with Crippen LogP contribution in [0, 0.1) is 5.92 Å². The molecule has 3 unspecified atom stereocenters. The van der Waals surface area contributed by atoms with Crippen molar-refractivity contribution in [2.24, 2.45) is 5.92 Å². The summed E-state index contributed by atoms with van der Waals surface area (Å²) >= 11 is 6.01. The van der Waals surface area contributed by atoms with Crippen LogP contribution in [-0.2, 0) is 0 Å². The Labute approximate surface area is 111 Å². The van der Waals surface area contributed by atoms with Crippen LogP contribution >= 0.6 is 11.6 Å². The van der Waals surface area contributed by atoms with Crippen LogP contribution < -0.4 is 5.32 Å². The maximum Gasteiger partial charge on any atom is 0.0266 e. The number of nitrogens with zero attached hydrogens (tertiary/aromatic N) is 1. The molecule has 100 valence electrons. The van der Waals surface area contributed by atoms with Crippen LogP contribution in [0.2, 0.25) is 0 Å². The van der Waals surface area contributed by atoms with Crippen LogP contribution in [0.4, 0.5) is 0 Å². The molecule has 3 atom stereocenters. The first-order valence-corrected chi connectivity index (χ1v) is 7.84. The van der Waals surface area contributed by atoms with Gasteiger partial charge in [0.05, 0.1) is 0 Å². The van der Waals surface area contributed by atoms with E-state index in [-0.39, 0.29) is 0 Å². The number of likely N-dealkylation sites (tertiary alicyclic amines) is 1. The van der Waals surface area contributed by atoms with E-state index in [1.807, 2.05) is 0 Å². The van der Waals surface area contributed by atoms with Gasteiger partial charge in [0.2, 0.25) is 0 Å². The summed E-state index contributed by atoms with van der Waals surface area (Å²) in [5, 5.41) is 3.74. The molecule has 1 aliphatic heterocycles. The summed E-state index contributed by atoms with van der Waals surface area (Å²) in [7, 11) is 2.28. The molecule has 1 aliphatic carbocycles. The fourth-order valence-corrected chi connectivity index (χ4v) is 3.80. The first-order valence-electron chi connectivity index (χ1n) is 7.31. The Morgan fingerprint density at radius 2 is 2.06 bits per heavy atom. The molecule has 3 heteroatoms. The average molecular weight is 259 g/mol. The Morgan fingerprint density at radius 1 is 1.18 bits per heavy atom. The first kappa shape index (κ1) is 13.6. The molecule has 2 aliphatic rings. The Balaban J connectivity index is 1.65. The second-order valence-corrected chi connectivity index (χ2v) is 6.13. The van der Waals surface area contributed by atoms with Gasteiger partial charge in [-0.25, -0.2) is 0 Å². The lowest BCUT2D eigenvalue weighted by atomic mass is 9.99. The SMILES string of the molecule is CN1CCCCC1CCNC1CCCC1CCl. The number of piperidine rings is 1. The summed E-state index contributed by atoms with van der Waals surface area (Å²) in [6.07, 6.45) is 9.52. The van der Waals surface area contributed by atoms with Gasteiger partial charge in [-0.2, -0.15) is 0 Å². The number of halogens is 1. The molecule has 1 heterocycles. The third-order valence-corrected chi connectivity index (χ3v) is 5.06. The number of hydrogen-bond donors (Lipinski definition) is 1. The smallest absolute Gasteiger partial charge is 0.0266 e. The van der Waals surface area contributed by atoms with E-state index in [2.05, 4.69) is 17.3 Å². The van der Waals surface area contributed by atoms with Gasteiger partial charge in [0, 0.05) is 18.0 Å². The molecule has 0 aromatic heterocycles. The summed E-state index contributed by atoms with van der Waals surface area (Å²) in [5.74, 6) is 1.56. The van der Waals surface area contributed by atoms with Crippen molar-refractivity contribution in [3.8, 4) is 0 Å². The van der Waals surface area contributed by atoms with Crippen LogP contribution in [0.5, 0.6) is 0 Å². The first-order chi connectivity index (χ1) is 8.31. The molecule has 0 amide bonds. The molecule has 0 radical (unpaired) electrons. The molecule has 17 heavy (non-hydrogen) atoms. The Morgan fingerprint density at radius 3 is 2.82 bits per heavy atom. The second-order valence-electron chi connectivity index (χ2n) is 5.82. The lowest BCUT2D eigenvalue weighted by molar-refractivity contribution is 0.173. The highest BCUT2D eigenvalue weighted by Gasteiger charge is 2.26. The van der Waals surface area contributed by atoms with Crippen molar-refractivity contribution in [2.75, 3.05) is 26.0 Å². The van der Waals surface area contributed by atoms with Crippen molar-refractivity contribution in [2.45, 2.75) is 57.0 Å². The predicted molar refractivity (Wildman–Crippen MR) is 74.7 cm³/mol. The second kappa shape index (κ2) is 6.96. The molecular weight excluding hydrogens is 232 g/mol. The summed E-state index contributed by atoms with van der Waals surface area (Å²) in [4.78, 5) is 2.54. The highest BCUT2D eigenvalue weighted by atomic mass is 35.5. The van der Waals surface area contributed by atoms with Gasteiger partial charge in [0.15, 0.2) is 0 Å². The monoisotopic (exact) mass is 258 g/mol. The minimum Gasteiger partial charge on any atom is -0.314 e. The fraction of sp³-hybridized carbons (Fsp3) is 1.00. The van der Waals surface area contributed by atoms with Gasteiger partial charge in [-0.05, 0) is 58.2 Å². The quantitative estimate of drug-likeness (QED) is 0.763. The van der Waals surface area contributed by atoms with Crippen molar-refractivity contribution < 1.29 is 0 Å². The normalized spacial score (nSPS) is 35.3. The van der Waals surface area contributed by atoms with Gasteiger partial charge < -0.3 is 10.2 Å². The minimum atomic E-state index is 0.696. The van der Waals surface area contributed by atoms with E-state index < -0.39 is 0 Å². The minimum absolute atomic E-state index is 0.696. The van der Waals surface area contributed by atoms with Gasteiger partial charge >= 0.3 is 0 Å². The molecule has 1 N–H and O–H groups in total. The standard InChI is InChI=1S/C14H27ClN2/c1-17-10-3-2-6-13(17)8-9-16-14-7-4-5-12(14)11-15/h12-14,16H,2-11H2,1H3. The fourth-order valence-electron chi connectivity index (χ4n) is 3.43. The third kappa shape index (κ3) is 3.84. The molecule has 2 rings (SSSR count). The topological polar surface area (TPSA) is 15.3 Å². The molecule has 0 spiro atoms. The molecule has 2 fully saturated rings. The van der Waals surface area contributed by atoms with Crippen molar-refractivity contribution in [3.63, 3.8) is 0 Å². The van der Waals surface area contributed by atoms with Crippen LogP contribution in [0.25, 0.3) is 0 Å². The largest absolute Gasteiger partial charge is 0.314 e. The van der Waals surface area contributed by atoms with Crippen LogP contribution in [0.15, 0.2) is 0 Å². The Bertz CT molecular complexity index is 220. The number of hydrogen-bond acceptors (Lipinski definition) is 2. The van der Waals surface area contributed by atoms with Crippen molar-refractivity contribution in [1.82, 2.24) is 10.2 Å². The summed E-state index contributed by atoms with van der Waals surface area (Å²) in [6, 6.07) is 1.51.